The predicted molar refractivity (Wildman–Crippen MR) is 95.2 cm³/mol. The summed E-state index contributed by atoms with van der Waals surface area (Å²) in [6, 6.07) is 0. The third kappa shape index (κ3) is 3.93. The van der Waals surface area contributed by atoms with E-state index in [2.05, 4.69) is 32.2 Å². The van der Waals surface area contributed by atoms with E-state index in [4.69, 9.17) is 4.74 Å². The normalized spacial score (nSPS) is 18.9. The van der Waals surface area contributed by atoms with Crippen molar-refractivity contribution in [1.82, 2.24) is 25.0 Å². The van der Waals surface area contributed by atoms with Gasteiger partial charge in [0.1, 0.15) is 11.1 Å². The summed E-state index contributed by atoms with van der Waals surface area (Å²) in [6.45, 7) is 5.12. The summed E-state index contributed by atoms with van der Waals surface area (Å²) in [4.78, 5) is 12.4. The maximum absolute atomic E-state index is 5.89. The van der Waals surface area contributed by atoms with Gasteiger partial charge < -0.3 is 15.0 Å². The number of aryl methyl sites for hydroxylation is 2. The number of nitrogens with one attached hydrogen (secondary N) is 1. The molecule has 8 heteroatoms. The van der Waals surface area contributed by atoms with E-state index in [0.29, 0.717) is 13.2 Å². The van der Waals surface area contributed by atoms with Crippen molar-refractivity contribution in [3.63, 3.8) is 0 Å². The molecule has 0 saturated carbocycles. The molecule has 0 bridgehead atoms. The molecule has 3 heterocycles. The van der Waals surface area contributed by atoms with Crippen molar-refractivity contribution >= 4 is 17.3 Å². The van der Waals surface area contributed by atoms with Crippen LogP contribution in [0.15, 0.2) is 23.6 Å². The van der Waals surface area contributed by atoms with Crippen molar-refractivity contribution in [3.05, 3.63) is 34.0 Å². The Morgan fingerprint density at radius 1 is 1.50 bits per heavy atom. The van der Waals surface area contributed by atoms with Crippen molar-refractivity contribution in [2.24, 2.45) is 12.0 Å². The molecule has 1 atom stereocenters. The topological polar surface area (TPSA) is 67.6 Å². The van der Waals surface area contributed by atoms with Crippen LogP contribution in [0.4, 0.5) is 0 Å². The van der Waals surface area contributed by atoms with Gasteiger partial charge in [0.15, 0.2) is 5.96 Å². The summed E-state index contributed by atoms with van der Waals surface area (Å²) >= 11 is 1.75. The van der Waals surface area contributed by atoms with E-state index in [1.165, 1.54) is 4.88 Å². The minimum atomic E-state index is 0.0255. The molecular weight excluding hydrogens is 324 g/mol. The predicted octanol–water partition coefficient (Wildman–Crippen LogP) is 1.59. The van der Waals surface area contributed by atoms with Gasteiger partial charge in [-0.1, -0.05) is 6.92 Å². The van der Waals surface area contributed by atoms with E-state index < -0.39 is 0 Å². The summed E-state index contributed by atoms with van der Waals surface area (Å²) in [7, 11) is 3.74. The van der Waals surface area contributed by atoms with Gasteiger partial charge in [-0.2, -0.15) is 5.10 Å². The minimum absolute atomic E-state index is 0.0255. The van der Waals surface area contributed by atoms with E-state index >= 15 is 0 Å². The molecule has 3 rings (SSSR count). The Morgan fingerprint density at radius 3 is 3.04 bits per heavy atom. The number of aromatic nitrogens is 3. The van der Waals surface area contributed by atoms with Crippen LogP contribution >= 0.6 is 11.3 Å². The van der Waals surface area contributed by atoms with Crippen molar-refractivity contribution in [3.8, 4) is 0 Å². The fourth-order valence-electron chi connectivity index (χ4n) is 2.73. The maximum Gasteiger partial charge on any atom is 0.194 e. The first-order chi connectivity index (χ1) is 11.7. The van der Waals surface area contributed by atoms with Crippen LogP contribution < -0.4 is 5.32 Å². The average Bonchev–Trinajstić information content (AvgIpc) is 3.24. The SMILES string of the molecule is CCc1cnc(CNC(=NC)N2CCOC(c3cnn(C)c3)C2)s1. The van der Waals surface area contributed by atoms with Crippen LogP contribution in [0.3, 0.4) is 0 Å². The Hall–Kier alpha value is -1.93. The fraction of sp³-hybridized carbons (Fsp3) is 0.562. The van der Waals surface area contributed by atoms with Crippen LogP contribution in [0.25, 0.3) is 0 Å². The van der Waals surface area contributed by atoms with Crippen molar-refractivity contribution in [2.75, 3.05) is 26.7 Å². The van der Waals surface area contributed by atoms with Crippen LogP contribution in [0.2, 0.25) is 0 Å². The van der Waals surface area contributed by atoms with E-state index in [1.807, 2.05) is 32.7 Å². The van der Waals surface area contributed by atoms with Gasteiger partial charge in [0.05, 0.1) is 25.9 Å². The summed E-state index contributed by atoms with van der Waals surface area (Å²) in [6.07, 6.45) is 6.89. The number of thiazole rings is 1. The third-order valence-corrected chi connectivity index (χ3v) is 5.16. The van der Waals surface area contributed by atoms with Crippen LogP contribution in [0.5, 0.6) is 0 Å². The summed E-state index contributed by atoms with van der Waals surface area (Å²) in [5.74, 6) is 0.889. The van der Waals surface area contributed by atoms with E-state index in [-0.39, 0.29) is 6.10 Å². The Kier molecular flexibility index (Phi) is 5.47. The van der Waals surface area contributed by atoms with Crippen molar-refractivity contribution < 1.29 is 4.74 Å². The molecule has 0 spiro atoms. The quantitative estimate of drug-likeness (QED) is 0.671. The Labute approximate surface area is 146 Å². The number of ether oxygens (including phenoxy) is 1. The van der Waals surface area contributed by atoms with Crippen LogP contribution in [0.1, 0.15) is 28.5 Å². The molecule has 130 valence electrons. The second-order valence-corrected chi connectivity index (χ2v) is 6.93. The third-order valence-electron chi connectivity index (χ3n) is 4.02. The lowest BCUT2D eigenvalue weighted by Gasteiger charge is -2.34. The minimum Gasteiger partial charge on any atom is -0.370 e. The van der Waals surface area contributed by atoms with Gasteiger partial charge >= 0.3 is 0 Å². The Morgan fingerprint density at radius 2 is 2.38 bits per heavy atom. The highest BCUT2D eigenvalue weighted by molar-refractivity contribution is 7.11. The number of guanidine groups is 1. The lowest BCUT2D eigenvalue weighted by molar-refractivity contribution is -0.00805. The molecule has 2 aromatic rings. The number of rotatable bonds is 4. The van der Waals surface area contributed by atoms with Crippen LogP contribution in [-0.2, 0) is 24.8 Å². The number of hydrogen-bond acceptors (Lipinski definition) is 5. The fourth-order valence-corrected chi connectivity index (χ4v) is 3.53. The molecule has 7 nitrogen and oxygen atoms in total. The van der Waals surface area contributed by atoms with Gasteiger partial charge in [0, 0.05) is 43.5 Å². The average molecular weight is 348 g/mol. The molecule has 2 aromatic heterocycles. The summed E-state index contributed by atoms with van der Waals surface area (Å²) < 4.78 is 7.70. The largest absolute Gasteiger partial charge is 0.370 e. The second kappa shape index (κ2) is 7.76. The molecule has 0 amide bonds. The number of hydrogen-bond donors (Lipinski definition) is 1. The zero-order chi connectivity index (χ0) is 16.9. The number of nitrogens with zero attached hydrogens (tertiary/aromatic N) is 5. The van der Waals surface area contributed by atoms with Crippen molar-refractivity contribution in [1.29, 1.82) is 0 Å². The highest BCUT2D eigenvalue weighted by Gasteiger charge is 2.25. The standard InChI is InChI=1S/C16H24N6OS/c1-4-13-8-18-15(24-13)9-19-16(17-2)22-5-6-23-14(11-22)12-7-20-21(3)10-12/h7-8,10,14H,4-6,9,11H2,1-3H3,(H,17,19). The van der Waals surface area contributed by atoms with Gasteiger partial charge in [-0.3, -0.25) is 9.67 Å². The molecule has 0 aromatic carbocycles. The molecule has 0 aliphatic carbocycles. The first-order valence-corrected chi connectivity index (χ1v) is 9.00. The lowest BCUT2D eigenvalue weighted by atomic mass is 10.1. The van der Waals surface area contributed by atoms with Crippen LogP contribution in [-0.4, -0.2) is 52.4 Å². The number of aliphatic imine (C=N–C) groups is 1. The lowest BCUT2D eigenvalue weighted by Crippen LogP contribution is -2.47. The zero-order valence-electron chi connectivity index (χ0n) is 14.4. The van der Waals surface area contributed by atoms with E-state index in [0.717, 1.165) is 36.0 Å². The smallest absolute Gasteiger partial charge is 0.194 e. The molecule has 0 radical (unpaired) electrons. The van der Waals surface area contributed by atoms with Gasteiger partial charge in [-0.15, -0.1) is 11.3 Å². The van der Waals surface area contributed by atoms with Crippen molar-refractivity contribution in [2.45, 2.75) is 26.0 Å². The molecule has 1 saturated heterocycles. The van der Waals surface area contributed by atoms with E-state index in [9.17, 15) is 0 Å². The molecule has 1 unspecified atom stereocenters. The first kappa shape index (κ1) is 16.9. The highest BCUT2D eigenvalue weighted by Crippen LogP contribution is 2.21. The molecule has 1 aliphatic rings. The molecular formula is C16H24N6OS. The Bertz CT molecular complexity index is 694. The number of morpholine rings is 1. The van der Waals surface area contributed by atoms with Gasteiger partial charge in [0.25, 0.3) is 0 Å². The first-order valence-electron chi connectivity index (χ1n) is 8.19. The summed E-state index contributed by atoms with van der Waals surface area (Å²) in [5, 5.41) is 8.74. The highest BCUT2D eigenvalue weighted by atomic mass is 32.1. The molecule has 1 fully saturated rings. The zero-order valence-corrected chi connectivity index (χ0v) is 15.2. The van der Waals surface area contributed by atoms with Gasteiger partial charge in [0.2, 0.25) is 0 Å². The molecule has 1 aliphatic heterocycles. The summed E-state index contributed by atoms with van der Waals surface area (Å²) in [5.41, 5.74) is 1.10. The molecule has 1 N–H and O–H groups in total. The van der Waals surface area contributed by atoms with E-state index in [1.54, 1.807) is 16.0 Å². The maximum atomic E-state index is 5.89. The van der Waals surface area contributed by atoms with Crippen LogP contribution in [0, 0.1) is 0 Å². The van der Waals surface area contributed by atoms with Gasteiger partial charge in [-0.05, 0) is 6.42 Å². The molecule has 24 heavy (non-hydrogen) atoms. The Balaban J connectivity index is 1.60. The monoisotopic (exact) mass is 348 g/mol. The second-order valence-electron chi connectivity index (χ2n) is 5.73. The van der Waals surface area contributed by atoms with Gasteiger partial charge in [-0.25, -0.2) is 4.98 Å².